The van der Waals surface area contributed by atoms with E-state index < -0.39 is 5.41 Å². The van der Waals surface area contributed by atoms with Crippen LogP contribution in [0, 0.1) is 0 Å². The fourth-order valence-corrected chi connectivity index (χ4v) is 1.76. The van der Waals surface area contributed by atoms with Crippen LogP contribution in [0.4, 0.5) is 0 Å². The Hall–Kier alpha value is -1.55. The van der Waals surface area contributed by atoms with Crippen molar-refractivity contribution < 1.29 is 9.53 Å². The lowest BCUT2D eigenvalue weighted by Gasteiger charge is -2.24. The molecule has 1 aromatic carbocycles. The Bertz CT molecular complexity index is 414. The van der Waals surface area contributed by atoms with Crippen molar-refractivity contribution in [2.24, 2.45) is 5.84 Å². The predicted octanol–water partition coefficient (Wildman–Crippen LogP) is 1.53. The number of hydrogen-bond acceptors (Lipinski definition) is 3. The molecule has 0 fully saturated rings. The van der Waals surface area contributed by atoms with Gasteiger partial charge in [-0.15, -0.1) is 0 Å². The van der Waals surface area contributed by atoms with Crippen LogP contribution in [0.2, 0.25) is 0 Å². The van der Waals surface area contributed by atoms with Crippen molar-refractivity contribution in [3.05, 3.63) is 29.3 Å². The molecule has 17 heavy (non-hydrogen) atoms. The Morgan fingerprint density at radius 3 is 2.59 bits per heavy atom. The van der Waals surface area contributed by atoms with Crippen molar-refractivity contribution >= 4 is 5.91 Å². The standard InChI is InChI=1S/C13H20N2O2/c1-5-9-8-10(6-7-11(9)17-4)13(2,3)12(16)15-14/h6-8H,5,14H2,1-4H3,(H,15,16). The molecule has 0 aliphatic carbocycles. The van der Waals surface area contributed by atoms with E-state index in [0.29, 0.717) is 0 Å². The van der Waals surface area contributed by atoms with Gasteiger partial charge >= 0.3 is 0 Å². The number of benzene rings is 1. The number of carbonyl (C=O) groups is 1. The molecule has 0 saturated carbocycles. The highest BCUT2D eigenvalue weighted by Crippen LogP contribution is 2.28. The first kappa shape index (κ1) is 13.5. The lowest BCUT2D eigenvalue weighted by atomic mass is 9.83. The van der Waals surface area contributed by atoms with E-state index in [2.05, 4.69) is 12.3 Å². The number of nitrogens with two attached hydrogens (primary N) is 1. The number of amides is 1. The molecule has 1 amide bonds. The summed E-state index contributed by atoms with van der Waals surface area (Å²) in [5.41, 5.74) is 3.57. The van der Waals surface area contributed by atoms with Crippen LogP contribution < -0.4 is 16.0 Å². The van der Waals surface area contributed by atoms with E-state index in [1.165, 1.54) is 0 Å². The molecule has 0 aliphatic heterocycles. The second-order valence-corrected chi connectivity index (χ2v) is 4.48. The molecule has 0 aromatic heterocycles. The van der Waals surface area contributed by atoms with Gasteiger partial charge in [0.25, 0.3) is 0 Å². The Labute approximate surface area is 102 Å². The minimum Gasteiger partial charge on any atom is -0.496 e. The van der Waals surface area contributed by atoms with Gasteiger partial charge in [-0.2, -0.15) is 0 Å². The van der Waals surface area contributed by atoms with Gasteiger partial charge in [-0.3, -0.25) is 10.2 Å². The minimum absolute atomic E-state index is 0.204. The third kappa shape index (κ3) is 2.58. The maximum Gasteiger partial charge on any atom is 0.243 e. The molecule has 3 N–H and O–H groups in total. The van der Waals surface area contributed by atoms with Gasteiger partial charge in [-0.05, 0) is 37.5 Å². The van der Waals surface area contributed by atoms with E-state index in [1.807, 2.05) is 32.0 Å². The summed E-state index contributed by atoms with van der Waals surface area (Å²) >= 11 is 0. The van der Waals surface area contributed by atoms with Crippen molar-refractivity contribution in [3.63, 3.8) is 0 Å². The largest absolute Gasteiger partial charge is 0.496 e. The highest BCUT2D eigenvalue weighted by Gasteiger charge is 2.29. The number of aryl methyl sites for hydroxylation is 1. The zero-order valence-electron chi connectivity index (χ0n) is 10.8. The summed E-state index contributed by atoms with van der Waals surface area (Å²) in [5.74, 6) is 5.84. The Balaban J connectivity index is 3.19. The van der Waals surface area contributed by atoms with Crippen LogP contribution in [-0.2, 0) is 16.6 Å². The first-order valence-corrected chi connectivity index (χ1v) is 5.65. The van der Waals surface area contributed by atoms with E-state index >= 15 is 0 Å². The van der Waals surface area contributed by atoms with Gasteiger partial charge in [0.15, 0.2) is 0 Å². The molecule has 0 spiro atoms. The zero-order chi connectivity index (χ0) is 13.1. The average Bonchev–Trinajstić information content (AvgIpc) is 2.36. The number of methoxy groups -OCH3 is 1. The molecule has 94 valence electrons. The van der Waals surface area contributed by atoms with Gasteiger partial charge in [-0.1, -0.05) is 19.1 Å². The number of hydrazine groups is 1. The second kappa shape index (κ2) is 5.19. The van der Waals surface area contributed by atoms with Crippen LogP contribution in [0.5, 0.6) is 5.75 Å². The van der Waals surface area contributed by atoms with Crippen molar-refractivity contribution in [3.8, 4) is 5.75 Å². The average molecular weight is 236 g/mol. The van der Waals surface area contributed by atoms with Gasteiger partial charge in [0.05, 0.1) is 12.5 Å². The minimum atomic E-state index is -0.648. The molecule has 0 bridgehead atoms. The molecular weight excluding hydrogens is 216 g/mol. The molecule has 0 saturated heterocycles. The van der Waals surface area contributed by atoms with E-state index in [9.17, 15) is 4.79 Å². The van der Waals surface area contributed by atoms with Crippen molar-refractivity contribution in [1.29, 1.82) is 0 Å². The third-order valence-electron chi connectivity index (χ3n) is 3.08. The molecule has 0 aliphatic rings. The van der Waals surface area contributed by atoms with Crippen LogP contribution >= 0.6 is 0 Å². The Morgan fingerprint density at radius 2 is 2.12 bits per heavy atom. The van der Waals surface area contributed by atoms with Crippen LogP contribution in [0.1, 0.15) is 31.9 Å². The fourth-order valence-electron chi connectivity index (χ4n) is 1.76. The van der Waals surface area contributed by atoms with Crippen LogP contribution in [0.25, 0.3) is 0 Å². The van der Waals surface area contributed by atoms with Crippen molar-refractivity contribution in [1.82, 2.24) is 5.43 Å². The summed E-state index contributed by atoms with van der Waals surface area (Å²) in [7, 11) is 1.64. The summed E-state index contributed by atoms with van der Waals surface area (Å²) < 4.78 is 5.27. The summed E-state index contributed by atoms with van der Waals surface area (Å²) in [6.07, 6.45) is 0.858. The number of hydrogen-bond donors (Lipinski definition) is 2. The zero-order valence-corrected chi connectivity index (χ0v) is 10.8. The van der Waals surface area contributed by atoms with Gasteiger partial charge < -0.3 is 4.74 Å². The molecule has 4 nitrogen and oxygen atoms in total. The molecule has 0 unspecified atom stereocenters. The monoisotopic (exact) mass is 236 g/mol. The first-order chi connectivity index (χ1) is 7.97. The van der Waals surface area contributed by atoms with Gasteiger partial charge in [-0.25, -0.2) is 5.84 Å². The summed E-state index contributed by atoms with van der Waals surface area (Å²) in [6, 6.07) is 5.78. The van der Waals surface area contributed by atoms with Crippen molar-refractivity contribution in [2.45, 2.75) is 32.6 Å². The quantitative estimate of drug-likeness (QED) is 0.473. The second-order valence-electron chi connectivity index (χ2n) is 4.48. The van der Waals surface area contributed by atoms with Crippen LogP contribution in [0.3, 0.4) is 0 Å². The molecule has 0 heterocycles. The van der Waals surface area contributed by atoms with E-state index in [-0.39, 0.29) is 5.91 Å². The smallest absolute Gasteiger partial charge is 0.243 e. The highest BCUT2D eigenvalue weighted by molar-refractivity contribution is 5.86. The van der Waals surface area contributed by atoms with Crippen LogP contribution in [-0.4, -0.2) is 13.0 Å². The maximum absolute atomic E-state index is 11.7. The molecule has 4 heteroatoms. The SMILES string of the molecule is CCc1cc(C(C)(C)C(=O)NN)ccc1OC. The Morgan fingerprint density at radius 1 is 1.47 bits per heavy atom. The molecular formula is C13H20N2O2. The topological polar surface area (TPSA) is 64.4 Å². The molecule has 0 radical (unpaired) electrons. The number of nitrogens with one attached hydrogen (secondary N) is 1. The van der Waals surface area contributed by atoms with E-state index in [0.717, 1.165) is 23.3 Å². The third-order valence-corrected chi connectivity index (χ3v) is 3.08. The Kier molecular flexibility index (Phi) is 4.12. The van der Waals surface area contributed by atoms with E-state index in [1.54, 1.807) is 7.11 Å². The van der Waals surface area contributed by atoms with Gasteiger partial charge in [0.2, 0.25) is 5.91 Å². The normalized spacial score (nSPS) is 11.1. The lowest BCUT2D eigenvalue weighted by molar-refractivity contribution is -0.125. The predicted molar refractivity (Wildman–Crippen MR) is 67.7 cm³/mol. The lowest BCUT2D eigenvalue weighted by Crippen LogP contribution is -2.43. The van der Waals surface area contributed by atoms with Crippen LogP contribution in [0.15, 0.2) is 18.2 Å². The maximum atomic E-state index is 11.7. The fraction of sp³-hybridized carbons (Fsp3) is 0.462. The summed E-state index contributed by atoms with van der Waals surface area (Å²) in [5, 5.41) is 0. The summed E-state index contributed by atoms with van der Waals surface area (Å²) in [6.45, 7) is 5.74. The molecule has 1 aromatic rings. The number of rotatable bonds is 4. The number of carbonyl (C=O) groups excluding carboxylic acids is 1. The van der Waals surface area contributed by atoms with Gasteiger partial charge in [0.1, 0.15) is 5.75 Å². The highest BCUT2D eigenvalue weighted by atomic mass is 16.5. The first-order valence-electron chi connectivity index (χ1n) is 5.65. The molecule has 0 atom stereocenters. The summed E-state index contributed by atoms with van der Waals surface area (Å²) in [4.78, 5) is 11.7. The van der Waals surface area contributed by atoms with E-state index in [4.69, 9.17) is 10.6 Å². The molecule has 1 rings (SSSR count). The van der Waals surface area contributed by atoms with Crippen molar-refractivity contribution in [2.75, 3.05) is 7.11 Å². The van der Waals surface area contributed by atoms with Gasteiger partial charge in [0, 0.05) is 0 Å². The number of ether oxygens (including phenoxy) is 1.